The van der Waals surface area contributed by atoms with Crippen molar-refractivity contribution in [3.8, 4) is 0 Å². The van der Waals surface area contributed by atoms with Crippen molar-refractivity contribution in [2.75, 3.05) is 7.05 Å². The van der Waals surface area contributed by atoms with Crippen LogP contribution in [0.5, 0.6) is 0 Å². The summed E-state index contributed by atoms with van der Waals surface area (Å²) in [7, 11) is 1.49. The lowest BCUT2D eigenvalue weighted by Crippen LogP contribution is -2.13. The van der Waals surface area contributed by atoms with Gasteiger partial charge in [-0.05, 0) is 0 Å². The van der Waals surface area contributed by atoms with E-state index in [1.807, 2.05) is 0 Å². The van der Waals surface area contributed by atoms with Crippen molar-refractivity contribution in [2.45, 2.75) is 6.54 Å². The maximum Gasteiger partial charge on any atom is 0.138 e. The Bertz CT molecular complexity index is 259. The minimum Gasteiger partial charge on any atom is -0.314 e. The Hall–Kier alpha value is -0.420. The van der Waals surface area contributed by atoms with Crippen LogP contribution in [0.1, 0.15) is 5.56 Å². The quantitative estimate of drug-likeness (QED) is 0.592. The number of rotatable bonds is 2. The lowest BCUT2D eigenvalue weighted by Gasteiger charge is -2.09. The summed E-state index contributed by atoms with van der Waals surface area (Å²) in [6.07, 6.45) is 1.27. The van der Waals surface area contributed by atoms with E-state index in [0.29, 0.717) is 5.56 Å². The van der Waals surface area contributed by atoms with Gasteiger partial charge in [0, 0.05) is 12.6 Å². The molecule has 1 N–H and O–H groups in total. The second kappa shape index (κ2) is 4.00. The summed E-state index contributed by atoms with van der Waals surface area (Å²) in [5.41, 5.74) is 0.519. The van der Waals surface area contributed by atoms with Crippen molar-refractivity contribution in [3.05, 3.63) is 22.2 Å². The Morgan fingerprint density at radius 1 is 1.42 bits per heavy atom. The van der Waals surface area contributed by atoms with Crippen LogP contribution in [0, 0.1) is 0 Å². The number of hydroxylamine groups is 2. The van der Waals surface area contributed by atoms with E-state index in [2.05, 4.69) is 9.97 Å². The summed E-state index contributed by atoms with van der Waals surface area (Å²) in [5, 5.41) is 10.4. The van der Waals surface area contributed by atoms with E-state index in [1.165, 1.54) is 13.4 Å². The van der Waals surface area contributed by atoms with E-state index in [9.17, 15) is 0 Å². The molecule has 0 aromatic carbocycles. The zero-order valence-corrected chi connectivity index (χ0v) is 7.84. The third-order valence-corrected chi connectivity index (χ3v) is 1.88. The fourth-order valence-corrected chi connectivity index (χ4v) is 1.16. The predicted molar refractivity (Wildman–Crippen MR) is 45.3 cm³/mol. The molecule has 0 aliphatic carbocycles. The highest BCUT2D eigenvalue weighted by Crippen LogP contribution is 2.20. The first-order valence-electron chi connectivity index (χ1n) is 3.16. The molecule has 1 aromatic rings. The van der Waals surface area contributed by atoms with Crippen molar-refractivity contribution in [1.82, 2.24) is 15.0 Å². The first kappa shape index (κ1) is 9.67. The molecule has 0 radical (unpaired) electrons. The van der Waals surface area contributed by atoms with Gasteiger partial charge >= 0.3 is 0 Å². The fraction of sp³-hybridized carbons (Fsp3) is 0.333. The Balaban J connectivity index is 2.96. The standard InChI is InChI=1S/C6H7Cl2N3O/c1-11(12)2-4-5(7)9-3-10-6(4)8/h3,12H,2H2,1H3. The molecular formula is C6H7Cl2N3O. The summed E-state index contributed by atoms with van der Waals surface area (Å²) in [6.45, 7) is 0.207. The van der Waals surface area contributed by atoms with E-state index < -0.39 is 0 Å². The van der Waals surface area contributed by atoms with Gasteiger partial charge in [0.1, 0.15) is 16.6 Å². The smallest absolute Gasteiger partial charge is 0.138 e. The number of hydrogen-bond acceptors (Lipinski definition) is 4. The molecule has 0 saturated carbocycles. The fourth-order valence-electron chi connectivity index (χ4n) is 0.730. The number of hydrogen-bond donors (Lipinski definition) is 1. The number of nitrogens with zero attached hydrogens (tertiary/aromatic N) is 3. The van der Waals surface area contributed by atoms with Crippen LogP contribution in [-0.2, 0) is 6.54 Å². The molecule has 1 aromatic heterocycles. The minimum atomic E-state index is 0.207. The molecule has 66 valence electrons. The van der Waals surface area contributed by atoms with Gasteiger partial charge in [0.2, 0.25) is 0 Å². The van der Waals surface area contributed by atoms with Gasteiger partial charge in [0.25, 0.3) is 0 Å². The maximum absolute atomic E-state index is 8.92. The van der Waals surface area contributed by atoms with E-state index in [0.717, 1.165) is 5.06 Å². The van der Waals surface area contributed by atoms with Gasteiger partial charge in [-0.15, -0.1) is 0 Å². The molecule has 0 spiro atoms. The monoisotopic (exact) mass is 207 g/mol. The Morgan fingerprint density at radius 2 is 1.92 bits per heavy atom. The lowest BCUT2D eigenvalue weighted by atomic mass is 10.3. The van der Waals surface area contributed by atoms with Crippen LogP contribution in [0.25, 0.3) is 0 Å². The summed E-state index contributed by atoms with van der Waals surface area (Å²) in [5.74, 6) is 0. The predicted octanol–water partition coefficient (Wildman–Crippen LogP) is 1.60. The molecule has 12 heavy (non-hydrogen) atoms. The highest BCUT2D eigenvalue weighted by atomic mass is 35.5. The first-order chi connectivity index (χ1) is 5.61. The molecule has 0 atom stereocenters. The van der Waals surface area contributed by atoms with Crippen LogP contribution in [0.15, 0.2) is 6.33 Å². The minimum absolute atomic E-state index is 0.207. The van der Waals surface area contributed by atoms with Crippen molar-refractivity contribution in [3.63, 3.8) is 0 Å². The topological polar surface area (TPSA) is 49.2 Å². The third-order valence-electron chi connectivity index (χ3n) is 1.23. The molecular weight excluding hydrogens is 201 g/mol. The van der Waals surface area contributed by atoms with E-state index in [4.69, 9.17) is 28.4 Å². The molecule has 0 unspecified atom stereocenters. The van der Waals surface area contributed by atoms with Gasteiger partial charge in [-0.1, -0.05) is 23.2 Å². The van der Waals surface area contributed by atoms with Crippen molar-refractivity contribution in [2.24, 2.45) is 0 Å². The van der Waals surface area contributed by atoms with E-state index >= 15 is 0 Å². The molecule has 0 fully saturated rings. The van der Waals surface area contributed by atoms with Crippen LogP contribution in [0.2, 0.25) is 10.3 Å². The Kier molecular flexibility index (Phi) is 3.22. The SMILES string of the molecule is CN(O)Cc1c(Cl)ncnc1Cl. The van der Waals surface area contributed by atoms with Crippen LogP contribution in [0.3, 0.4) is 0 Å². The summed E-state index contributed by atoms with van der Waals surface area (Å²) in [4.78, 5) is 7.45. The summed E-state index contributed by atoms with van der Waals surface area (Å²) < 4.78 is 0. The van der Waals surface area contributed by atoms with Crippen molar-refractivity contribution in [1.29, 1.82) is 0 Å². The second-order valence-corrected chi connectivity index (χ2v) is 2.97. The Morgan fingerprint density at radius 3 is 2.33 bits per heavy atom. The average molecular weight is 208 g/mol. The zero-order chi connectivity index (χ0) is 9.14. The number of halogens is 2. The van der Waals surface area contributed by atoms with Crippen molar-refractivity contribution >= 4 is 23.2 Å². The van der Waals surface area contributed by atoms with Gasteiger partial charge < -0.3 is 5.21 Å². The zero-order valence-electron chi connectivity index (χ0n) is 6.33. The van der Waals surface area contributed by atoms with Crippen LogP contribution >= 0.6 is 23.2 Å². The molecule has 1 heterocycles. The molecule has 0 amide bonds. The lowest BCUT2D eigenvalue weighted by molar-refractivity contribution is -0.0732. The van der Waals surface area contributed by atoms with Crippen LogP contribution < -0.4 is 0 Å². The molecule has 0 aliphatic heterocycles. The summed E-state index contributed by atoms with van der Waals surface area (Å²) in [6, 6.07) is 0. The number of aromatic nitrogens is 2. The first-order valence-corrected chi connectivity index (χ1v) is 3.91. The van der Waals surface area contributed by atoms with Gasteiger partial charge in [-0.2, -0.15) is 5.06 Å². The van der Waals surface area contributed by atoms with Crippen molar-refractivity contribution < 1.29 is 5.21 Å². The van der Waals surface area contributed by atoms with Gasteiger partial charge in [0.05, 0.1) is 6.54 Å². The van der Waals surface area contributed by atoms with Gasteiger partial charge in [-0.25, -0.2) is 9.97 Å². The highest BCUT2D eigenvalue weighted by molar-refractivity contribution is 6.34. The molecule has 0 aliphatic rings. The molecule has 4 nitrogen and oxygen atoms in total. The van der Waals surface area contributed by atoms with Gasteiger partial charge in [-0.3, -0.25) is 0 Å². The highest BCUT2D eigenvalue weighted by Gasteiger charge is 2.08. The largest absolute Gasteiger partial charge is 0.314 e. The summed E-state index contributed by atoms with van der Waals surface area (Å²) >= 11 is 11.4. The molecule has 0 saturated heterocycles. The van der Waals surface area contributed by atoms with E-state index in [1.54, 1.807) is 0 Å². The molecule has 6 heteroatoms. The normalized spacial score (nSPS) is 10.8. The third kappa shape index (κ3) is 2.28. The average Bonchev–Trinajstić information content (AvgIpc) is 1.97. The second-order valence-electron chi connectivity index (χ2n) is 2.25. The van der Waals surface area contributed by atoms with Crippen LogP contribution in [0.4, 0.5) is 0 Å². The maximum atomic E-state index is 8.92. The van der Waals surface area contributed by atoms with E-state index in [-0.39, 0.29) is 16.9 Å². The van der Waals surface area contributed by atoms with Gasteiger partial charge in [0.15, 0.2) is 0 Å². The Labute approximate surface area is 79.7 Å². The molecule has 1 rings (SSSR count). The molecule has 0 bridgehead atoms. The van der Waals surface area contributed by atoms with Crippen LogP contribution in [-0.4, -0.2) is 27.3 Å².